The van der Waals surface area contributed by atoms with Gasteiger partial charge in [-0.2, -0.15) is 0 Å². The molecule has 0 heterocycles. The van der Waals surface area contributed by atoms with Gasteiger partial charge in [0.2, 0.25) is 0 Å². The molecule has 0 aliphatic carbocycles. The van der Waals surface area contributed by atoms with E-state index in [9.17, 15) is 30.0 Å². The van der Waals surface area contributed by atoms with E-state index in [0.29, 0.717) is 23.0 Å². The van der Waals surface area contributed by atoms with Crippen LogP contribution in [0.15, 0.2) is 24.3 Å². The van der Waals surface area contributed by atoms with Gasteiger partial charge in [0.15, 0.2) is 0 Å². The second-order valence-corrected chi connectivity index (χ2v) is 13.7. The van der Waals surface area contributed by atoms with Gasteiger partial charge in [-0.3, -0.25) is 0 Å². The van der Waals surface area contributed by atoms with E-state index >= 15 is 0 Å². The van der Waals surface area contributed by atoms with E-state index in [4.69, 9.17) is 0 Å². The molecule has 0 bridgehead atoms. The predicted molar refractivity (Wildman–Crippen MR) is 159 cm³/mol. The van der Waals surface area contributed by atoms with Gasteiger partial charge in [0.25, 0.3) is 0 Å². The van der Waals surface area contributed by atoms with E-state index < -0.39 is 11.9 Å². The smallest absolute Gasteiger partial charge is 0.872 e. The van der Waals surface area contributed by atoms with Crippen LogP contribution in [-0.2, 0) is 43.1 Å². The van der Waals surface area contributed by atoms with Gasteiger partial charge in [0.1, 0.15) is 0 Å². The Morgan fingerprint density at radius 3 is 1.17 bits per heavy atom. The molecular formula is C34H50O6Zn. The fourth-order valence-corrected chi connectivity index (χ4v) is 4.53. The predicted octanol–water partition coefficient (Wildman–Crippen LogP) is 7.47. The summed E-state index contributed by atoms with van der Waals surface area (Å²) in [5.74, 6) is -1.70. The van der Waals surface area contributed by atoms with Gasteiger partial charge >= 0.3 is 31.4 Å². The molecule has 2 aromatic rings. The molecule has 0 saturated carbocycles. The average Bonchev–Trinajstić information content (AvgIpc) is 2.79. The number of aryl methyl sites for hydroxylation is 2. The van der Waals surface area contributed by atoms with Crippen molar-refractivity contribution >= 4 is 11.9 Å². The van der Waals surface area contributed by atoms with Crippen LogP contribution >= 0.6 is 0 Å². The van der Waals surface area contributed by atoms with E-state index in [1.54, 1.807) is 12.1 Å². The summed E-state index contributed by atoms with van der Waals surface area (Å²) in [7, 11) is 0. The number of benzene rings is 2. The van der Waals surface area contributed by atoms with Crippen LogP contribution in [0, 0.1) is 11.8 Å². The Morgan fingerprint density at radius 2 is 0.951 bits per heavy atom. The summed E-state index contributed by atoms with van der Waals surface area (Å²) in [6.07, 6.45) is 5.87. The van der Waals surface area contributed by atoms with Crippen molar-refractivity contribution in [3.8, 4) is 11.5 Å². The Labute approximate surface area is 260 Å². The molecule has 0 aromatic heterocycles. The van der Waals surface area contributed by atoms with Crippen molar-refractivity contribution in [2.45, 2.75) is 119 Å². The quantitative estimate of drug-likeness (QED) is 0.266. The maximum atomic E-state index is 12.2. The summed E-state index contributed by atoms with van der Waals surface area (Å²) >= 11 is 0. The van der Waals surface area contributed by atoms with Crippen LogP contribution in [-0.4, -0.2) is 22.2 Å². The third-order valence-electron chi connectivity index (χ3n) is 6.87. The molecule has 2 N–H and O–H groups in total. The van der Waals surface area contributed by atoms with E-state index in [2.05, 4.69) is 27.7 Å². The van der Waals surface area contributed by atoms with Crippen molar-refractivity contribution in [3.05, 3.63) is 57.6 Å². The number of carbonyl (C=O) groups is 2. The van der Waals surface area contributed by atoms with Crippen LogP contribution < -0.4 is 10.2 Å². The summed E-state index contributed by atoms with van der Waals surface area (Å²) < 4.78 is 0. The molecule has 0 aliphatic heterocycles. The van der Waals surface area contributed by atoms with E-state index in [1.807, 2.05) is 53.7 Å². The maximum absolute atomic E-state index is 12.2. The van der Waals surface area contributed by atoms with E-state index in [1.165, 1.54) is 0 Å². The third-order valence-corrected chi connectivity index (χ3v) is 6.87. The summed E-state index contributed by atoms with van der Waals surface area (Å²) in [6.45, 7) is 20.3. The van der Waals surface area contributed by atoms with Crippen LogP contribution in [0.3, 0.4) is 0 Å². The molecule has 0 unspecified atom stereocenters. The largest absolute Gasteiger partial charge is 2.00 e. The topological polar surface area (TPSA) is 121 Å². The second kappa shape index (κ2) is 16.3. The van der Waals surface area contributed by atoms with E-state index in [-0.39, 0.29) is 52.9 Å². The molecule has 0 saturated heterocycles. The molecule has 224 valence electrons. The molecule has 0 radical (unpaired) electrons. The first-order valence-corrected chi connectivity index (χ1v) is 14.4. The molecule has 41 heavy (non-hydrogen) atoms. The Morgan fingerprint density at radius 1 is 0.659 bits per heavy atom. The van der Waals surface area contributed by atoms with Gasteiger partial charge in [-0.1, -0.05) is 106 Å². The maximum Gasteiger partial charge on any atom is 2.00 e. The zero-order valence-corrected chi connectivity index (χ0v) is 29.9. The molecule has 0 fully saturated rings. The van der Waals surface area contributed by atoms with Crippen molar-refractivity contribution in [2.24, 2.45) is 11.8 Å². The fourth-order valence-electron chi connectivity index (χ4n) is 4.53. The number of rotatable bonds is 10. The molecule has 2 rings (SSSR count). The van der Waals surface area contributed by atoms with Crippen molar-refractivity contribution < 1.29 is 49.5 Å². The average molecular weight is 620 g/mol. The van der Waals surface area contributed by atoms with Crippen LogP contribution in [0.4, 0.5) is 0 Å². The first kappa shape index (κ1) is 38.6. The summed E-state index contributed by atoms with van der Waals surface area (Å²) in [6, 6.07) is 6.85. The molecule has 0 amide bonds. The Kier molecular flexibility index (Phi) is 15.3. The van der Waals surface area contributed by atoms with Gasteiger partial charge in [-0.05, 0) is 82.7 Å². The van der Waals surface area contributed by atoms with Crippen LogP contribution in [0.5, 0.6) is 11.5 Å². The number of carboxylic acids is 2. The number of hydrogen-bond acceptors (Lipinski definition) is 4. The SMILES string of the molecule is CC(C)CCCc1cc(C(=O)O)c([O-])c(C(C)(C)C)c1.CC(C)CCCc1cc(C(=O)O)c([O-])c(C(C)(C)C)c1.[Zn+2]. The molecule has 0 spiro atoms. The minimum Gasteiger partial charge on any atom is -0.872 e. The molecule has 2 aromatic carbocycles. The van der Waals surface area contributed by atoms with Gasteiger partial charge in [0, 0.05) is 0 Å². The zero-order chi connectivity index (χ0) is 31.0. The Balaban J connectivity index is 0.000000762. The van der Waals surface area contributed by atoms with Gasteiger partial charge in [-0.25, -0.2) is 9.59 Å². The molecule has 0 aliphatic rings. The minimum atomic E-state index is -1.13. The van der Waals surface area contributed by atoms with Gasteiger partial charge in [-0.15, -0.1) is 0 Å². The minimum absolute atomic E-state index is 0. The molecule has 0 atom stereocenters. The van der Waals surface area contributed by atoms with Crippen molar-refractivity contribution in [1.82, 2.24) is 0 Å². The van der Waals surface area contributed by atoms with E-state index in [0.717, 1.165) is 49.7 Å². The number of hydrogen-bond donors (Lipinski definition) is 2. The van der Waals surface area contributed by atoms with Crippen LogP contribution in [0.2, 0.25) is 0 Å². The van der Waals surface area contributed by atoms with Gasteiger partial charge < -0.3 is 20.4 Å². The summed E-state index contributed by atoms with van der Waals surface area (Å²) in [5, 5.41) is 42.8. The monoisotopic (exact) mass is 618 g/mol. The first-order valence-electron chi connectivity index (χ1n) is 14.4. The number of aromatic carboxylic acids is 2. The zero-order valence-electron chi connectivity index (χ0n) is 26.9. The standard InChI is InChI=1S/2C17H26O3.Zn/c2*1-11(2)7-6-8-12-9-13(16(19)20)15(18)14(10-12)17(3,4)5;/h2*9-11,18H,6-8H2,1-5H3,(H,19,20);/q;;+2/p-2. The Bertz CT molecular complexity index is 1060. The Hall–Kier alpha value is -2.40. The first-order chi connectivity index (χ1) is 18.2. The van der Waals surface area contributed by atoms with Crippen molar-refractivity contribution in [1.29, 1.82) is 0 Å². The second-order valence-electron chi connectivity index (χ2n) is 13.7. The summed E-state index contributed by atoms with van der Waals surface area (Å²) in [4.78, 5) is 22.5. The van der Waals surface area contributed by atoms with Crippen molar-refractivity contribution in [2.75, 3.05) is 0 Å². The molecule has 7 heteroatoms. The number of carboxylic acid groups (broad SMARTS) is 2. The van der Waals surface area contributed by atoms with Gasteiger partial charge in [0.05, 0.1) is 11.1 Å². The molecular weight excluding hydrogens is 570 g/mol. The normalized spacial score (nSPS) is 11.6. The van der Waals surface area contributed by atoms with Crippen LogP contribution in [0.1, 0.15) is 138 Å². The van der Waals surface area contributed by atoms with Crippen molar-refractivity contribution in [3.63, 3.8) is 0 Å². The molecule has 6 nitrogen and oxygen atoms in total. The van der Waals surface area contributed by atoms with Crippen LogP contribution in [0.25, 0.3) is 0 Å². The third kappa shape index (κ3) is 12.6. The fraction of sp³-hybridized carbons (Fsp3) is 0.588. The summed E-state index contributed by atoms with van der Waals surface area (Å²) in [5.41, 5.74) is 2.22.